The van der Waals surface area contributed by atoms with Gasteiger partial charge in [-0.1, -0.05) is 19.3 Å². The van der Waals surface area contributed by atoms with Gasteiger partial charge in [-0.05, 0) is 31.6 Å². The molecule has 1 N–H and O–H groups in total. The molecule has 5 heteroatoms. The van der Waals surface area contributed by atoms with Crippen molar-refractivity contribution in [3.63, 3.8) is 0 Å². The first-order valence-corrected chi connectivity index (χ1v) is 9.66. The number of aromatic nitrogens is 2. The Morgan fingerprint density at radius 1 is 1.21 bits per heavy atom. The van der Waals surface area contributed by atoms with Gasteiger partial charge in [0.2, 0.25) is 5.91 Å². The van der Waals surface area contributed by atoms with Crippen LogP contribution in [0.2, 0.25) is 0 Å². The molecule has 4 rings (SSSR count). The number of nitrogens with one attached hydrogen (secondary N) is 1. The number of carbonyl (C=O) groups is 1. The number of amides is 1. The van der Waals surface area contributed by atoms with Crippen LogP contribution in [-0.4, -0.2) is 33.9 Å². The third-order valence-corrected chi connectivity index (χ3v) is 5.89. The highest BCUT2D eigenvalue weighted by Crippen LogP contribution is 2.33. The lowest BCUT2D eigenvalue weighted by Crippen LogP contribution is -2.33. The third kappa shape index (κ3) is 3.32. The summed E-state index contributed by atoms with van der Waals surface area (Å²) in [6, 6.07) is 0.0984. The molecule has 1 aromatic heterocycles. The largest absolute Gasteiger partial charge is 0.332 e. The summed E-state index contributed by atoms with van der Waals surface area (Å²) in [4.78, 5) is 24.4. The van der Waals surface area contributed by atoms with Crippen LogP contribution in [0.3, 0.4) is 0 Å². The Morgan fingerprint density at radius 2 is 2.08 bits per heavy atom. The molecule has 2 aliphatic heterocycles. The van der Waals surface area contributed by atoms with Crippen LogP contribution in [0.15, 0.2) is 6.20 Å². The quantitative estimate of drug-likeness (QED) is 0.927. The Bertz CT molecular complexity index is 597. The molecule has 24 heavy (non-hydrogen) atoms. The molecule has 1 amide bonds. The minimum absolute atomic E-state index is 0.0984. The SMILES string of the molecule is O=C(CC1CCCCC1)N1CCC[C@H]1c1ncc2c(n1)CCNC2. The second-order valence-corrected chi connectivity index (χ2v) is 7.58. The minimum Gasteiger partial charge on any atom is -0.332 e. The van der Waals surface area contributed by atoms with E-state index in [9.17, 15) is 4.79 Å². The van der Waals surface area contributed by atoms with Gasteiger partial charge in [0.15, 0.2) is 5.82 Å². The summed E-state index contributed by atoms with van der Waals surface area (Å²) < 4.78 is 0. The van der Waals surface area contributed by atoms with Gasteiger partial charge in [0, 0.05) is 49.9 Å². The molecule has 130 valence electrons. The van der Waals surface area contributed by atoms with Crippen LogP contribution in [0.25, 0.3) is 0 Å². The monoisotopic (exact) mass is 328 g/mol. The van der Waals surface area contributed by atoms with Gasteiger partial charge in [0.25, 0.3) is 0 Å². The van der Waals surface area contributed by atoms with Gasteiger partial charge in [-0.3, -0.25) is 4.79 Å². The van der Waals surface area contributed by atoms with Crippen molar-refractivity contribution in [1.29, 1.82) is 0 Å². The molecule has 0 aromatic carbocycles. The number of fused-ring (bicyclic) bond motifs is 1. The van der Waals surface area contributed by atoms with Gasteiger partial charge < -0.3 is 10.2 Å². The number of likely N-dealkylation sites (tertiary alicyclic amines) is 1. The van der Waals surface area contributed by atoms with E-state index in [2.05, 4.69) is 15.2 Å². The van der Waals surface area contributed by atoms with Crippen LogP contribution in [-0.2, 0) is 17.8 Å². The van der Waals surface area contributed by atoms with Crippen molar-refractivity contribution in [2.75, 3.05) is 13.1 Å². The smallest absolute Gasteiger partial charge is 0.223 e. The zero-order valence-electron chi connectivity index (χ0n) is 14.5. The Balaban J connectivity index is 1.47. The first kappa shape index (κ1) is 16.0. The molecule has 3 heterocycles. The molecule has 0 bridgehead atoms. The summed E-state index contributed by atoms with van der Waals surface area (Å²) in [5.41, 5.74) is 2.38. The number of carbonyl (C=O) groups excluding carboxylic acids is 1. The van der Waals surface area contributed by atoms with Gasteiger partial charge in [-0.15, -0.1) is 0 Å². The molecule has 2 fully saturated rings. The van der Waals surface area contributed by atoms with E-state index < -0.39 is 0 Å². The molecule has 5 nitrogen and oxygen atoms in total. The minimum atomic E-state index is 0.0984. The van der Waals surface area contributed by atoms with E-state index in [4.69, 9.17) is 4.98 Å². The summed E-state index contributed by atoms with van der Waals surface area (Å²) in [5.74, 6) is 1.79. The second kappa shape index (κ2) is 7.18. The second-order valence-electron chi connectivity index (χ2n) is 7.58. The fourth-order valence-corrected chi connectivity index (χ4v) is 4.50. The first-order valence-electron chi connectivity index (χ1n) is 9.66. The van der Waals surface area contributed by atoms with Gasteiger partial charge in [0.1, 0.15) is 0 Å². The lowest BCUT2D eigenvalue weighted by molar-refractivity contribution is -0.133. The first-order chi connectivity index (χ1) is 11.8. The van der Waals surface area contributed by atoms with Crippen molar-refractivity contribution in [1.82, 2.24) is 20.2 Å². The van der Waals surface area contributed by atoms with Gasteiger partial charge in [0.05, 0.1) is 6.04 Å². The fourth-order valence-electron chi connectivity index (χ4n) is 4.50. The molecule has 1 aliphatic carbocycles. The summed E-state index contributed by atoms with van der Waals surface area (Å²) in [7, 11) is 0. The standard InChI is InChI=1S/C19H28N4O/c24-18(11-14-5-2-1-3-6-14)23-10-4-7-17(23)19-21-13-15-12-20-9-8-16(15)22-19/h13-14,17,20H,1-12H2/t17-/m0/s1. The van der Waals surface area contributed by atoms with Gasteiger partial charge in [-0.2, -0.15) is 0 Å². The lowest BCUT2D eigenvalue weighted by Gasteiger charge is -2.28. The summed E-state index contributed by atoms with van der Waals surface area (Å²) in [6.45, 7) is 2.72. The average Bonchev–Trinajstić information content (AvgIpc) is 3.12. The summed E-state index contributed by atoms with van der Waals surface area (Å²) in [5, 5.41) is 3.36. The maximum absolute atomic E-state index is 12.8. The molecular weight excluding hydrogens is 300 g/mol. The number of rotatable bonds is 3. The van der Waals surface area contributed by atoms with E-state index in [1.54, 1.807) is 0 Å². The molecule has 1 saturated heterocycles. The van der Waals surface area contributed by atoms with E-state index in [0.717, 1.165) is 51.1 Å². The molecule has 1 saturated carbocycles. The molecular formula is C19H28N4O. The normalized spacial score (nSPS) is 24.8. The number of nitrogens with zero attached hydrogens (tertiary/aromatic N) is 3. The highest BCUT2D eigenvalue weighted by atomic mass is 16.2. The highest BCUT2D eigenvalue weighted by Gasteiger charge is 2.33. The number of hydrogen-bond acceptors (Lipinski definition) is 4. The van der Waals surface area contributed by atoms with Gasteiger partial charge >= 0.3 is 0 Å². The highest BCUT2D eigenvalue weighted by molar-refractivity contribution is 5.77. The van der Waals surface area contributed by atoms with E-state index in [1.165, 1.54) is 43.4 Å². The van der Waals surface area contributed by atoms with E-state index in [1.807, 2.05) is 6.20 Å². The Hall–Kier alpha value is -1.49. The van der Waals surface area contributed by atoms with Crippen LogP contribution in [0.1, 0.15) is 74.5 Å². The maximum atomic E-state index is 12.8. The molecule has 0 unspecified atom stereocenters. The molecule has 0 radical (unpaired) electrons. The van der Waals surface area contributed by atoms with Crippen molar-refractivity contribution in [3.05, 3.63) is 23.3 Å². The Labute approximate surface area is 144 Å². The van der Waals surface area contributed by atoms with Crippen LogP contribution in [0.5, 0.6) is 0 Å². The molecule has 3 aliphatic rings. The van der Waals surface area contributed by atoms with Crippen molar-refractivity contribution < 1.29 is 4.79 Å². The Morgan fingerprint density at radius 3 is 2.96 bits per heavy atom. The van der Waals surface area contributed by atoms with Crippen molar-refractivity contribution in [2.24, 2.45) is 5.92 Å². The predicted molar refractivity (Wildman–Crippen MR) is 92.3 cm³/mol. The molecule has 1 aromatic rings. The van der Waals surface area contributed by atoms with E-state index in [-0.39, 0.29) is 6.04 Å². The van der Waals surface area contributed by atoms with E-state index >= 15 is 0 Å². The van der Waals surface area contributed by atoms with Crippen molar-refractivity contribution in [2.45, 2.75) is 70.4 Å². The average molecular weight is 328 g/mol. The molecule has 0 spiro atoms. The van der Waals surface area contributed by atoms with Crippen LogP contribution >= 0.6 is 0 Å². The van der Waals surface area contributed by atoms with E-state index in [0.29, 0.717) is 11.8 Å². The summed E-state index contributed by atoms with van der Waals surface area (Å²) in [6.07, 6.45) is 12.1. The lowest BCUT2D eigenvalue weighted by atomic mass is 9.86. The maximum Gasteiger partial charge on any atom is 0.223 e. The van der Waals surface area contributed by atoms with Crippen LogP contribution in [0.4, 0.5) is 0 Å². The number of hydrogen-bond donors (Lipinski definition) is 1. The molecule has 1 atom stereocenters. The van der Waals surface area contributed by atoms with Gasteiger partial charge in [-0.25, -0.2) is 9.97 Å². The summed E-state index contributed by atoms with van der Waals surface area (Å²) >= 11 is 0. The Kier molecular flexibility index (Phi) is 4.79. The topological polar surface area (TPSA) is 58.1 Å². The van der Waals surface area contributed by atoms with Crippen LogP contribution in [0, 0.1) is 5.92 Å². The van der Waals surface area contributed by atoms with Crippen molar-refractivity contribution >= 4 is 5.91 Å². The van der Waals surface area contributed by atoms with Crippen molar-refractivity contribution in [3.8, 4) is 0 Å². The fraction of sp³-hybridized carbons (Fsp3) is 0.737. The van der Waals surface area contributed by atoms with Crippen LogP contribution < -0.4 is 5.32 Å². The zero-order chi connectivity index (χ0) is 16.4. The predicted octanol–water partition coefficient (Wildman–Crippen LogP) is 2.76. The zero-order valence-corrected chi connectivity index (χ0v) is 14.5. The third-order valence-electron chi connectivity index (χ3n) is 5.89.